The van der Waals surface area contributed by atoms with Crippen molar-refractivity contribution in [3.63, 3.8) is 0 Å². The number of hydrogen-bond acceptors (Lipinski definition) is 2. The van der Waals surface area contributed by atoms with Crippen LogP contribution in [0.2, 0.25) is 5.02 Å². The maximum atomic E-state index is 5.89. The fraction of sp³-hybridized carbons (Fsp3) is 0.438. The lowest BCUT2D eigenvalue weighted by atomic mass is 10.1. The number of aromatic nitrogens is 2. The van der Waals surface area contributed by atoms with Gasteiger partial charge in [-0.1, -0.05) is 11.6 Å². The summed E-state index contributed by atoms with van der Waals surface area (Å²) >= 11 is 5.89. The van der Waals surface area contributed by atoms with E-state index in [9.17, 15) is 0 Å². The largest absolute Gasteiger partial charge is 0.312 e. The second kappa shape index (κ2) is 6.42. The molecule has 0 aliphatic carbocycles. The highest BCUT2D eigenvalue weighted by Gasteiger charge is 2.07. The van der Waals surface area contributed by atoms with E-state index in [0.717, 1.165) is 30.1 Å². The van der Waals surface area contributed by atoms with Crippen LogP contribution in [0.3, 0.4) is 0 Å². The SMILES string of the molecule is CC(C)(C)NCCCc1cnn(-c2ccc(Cl)cc2)c1. The molecule has 0 fully saturated rings. The Kier molecular flexibility index (Phi) is 4.84. The molecule has 0 saturated heterocycles. The van der Waals surface area contributed by atoms with Gasteiger partial charge in [0.2, 0.25) is 0 Å². The van der Waals surface area contributed by atoms with Gasteiger partial charge in [-0.3, -0.25) is 0 Å². The second-order valence-corrected chi connectivity index (χ2v) is 6.49. The van der Waals surface area contributed by atoms with Crippen molar-refractivity contribution in [1.82, 2.24) is 15.1 Å². The summed E-state index contributed by atoms with van der Waals surface area (Å²) < 4.78 is 1.89. The van der Waals surface area contributed by atoms with Crippen LogP contribution in [0.1, 0.15) is 32.8 Å². The number of nitrogens with zero attached hydrogens (tertiary/aromatic N) is 2. The highest BCUT2D eigenvalue weighted by molar-refractivity contribution is 6.30. The molecule has 1 aromatic carbocycles. The molecule has 0 aliphatic heterocycles. The number of hydrogen-bond donors (Lipinski definition) is 1. The summed E-state index contributed by atoms with van der Waals surface area (Å²) in [6, 6.07) is 7.71. The fourth-order valence-electron chi connectivity index (χ4n) is 1.98. The minimum Gasteiger partial charge on any atom is -0.312 e. The van der Waals surface area contributed by atoms with Gasteiger partial charge in [0.25, 0.3) is 0 Å². The molecule has 108 valence electrons. The standard InChI is InChI=1S/C16H22ClN3/c1-16(2,3)18-10-4-5-13-11-19-20(12-13)15-8-6-14(17)7-9-15/h6-9,11-12,18H,4-5,10H2,1-3H3. The summed E-state index contributed by atoms with van der Waals surface area (Å²) in [5.41, 5.74) is 2.48. The van der Waals surface area contributed by atoms with E-state index in [-0.39, 0.29) is 5.54 Å². The summed E-state index contributed by atoms with van der Waals surface area (Å²) in [4.78, 5) is 0. The Morgan fingerprint density at radius 3 is 2.55 bits per heavy atom. The quantitative estimate of drug-likeness (QED) is 0.848. The summed E-state index contributed by atoms with van der Waals surface area (Å²) in [6.45, 7) is 7.58. The van der Waals surface area contributed by atoms with E-state index in [1.165, 1.54) is 5.56 Å². The van der Waals surface area contributed by atoms with Crippen LogP contribution in [0.25, 0.3) is 5.69 Å². The first kappa shape index (κ1) is 15.1. The van der Waals surface area contributed by atoms with E-state index in [2.05, 4.69) is 37.4 Å². The van der Waals surface area contributed by atoms with Crippen molar-refractivity contribution in [3.8, 4) is 5.69 Å². The zero-order chi connectivity index (χ0) is 14.6. The molecule has 0 radical (unpaired) electrons. The predicted octanol–water partition coefficient (Wildman–Crippen LogP) is 3.85. The topological polar surface area (TPSA) is 29.9 Å². The highest BCUT2D eigenvalue weighted by Crippen LogP contribution is 2.14. The van der Waals surface area contributed by atoms with Gasteiger partial charge in [0.05, 0.1) is 11.9 Å². The van der Waals surface area contributed by atoms with Crippen LogP contribution in [0, 0.1) is 0 Å². The van der Waals surface area contributed by atoms with Crippen molar-refractivity contribution in [2.24, 2.45) is 0 Å². The van der Waals surface area contributed by atoms with Gasteiger partial charge >= 0.3 is 0 Å². The van der Waals surface area contributed by atoms with E-state index < -0.39 is 0 Å². The fourth-order valence-corrected chi connectivity index (χ4v) is 2.11. The third-order valence-corrected chi connectivity index (χ3v) is 3.28. The Hall–Kier alpha value is -1.32. The van der Waals surface area contributed by atoms with E-state index >= 15 is 0 Å². The van der Waals surface area contributed by atoms with Crippen molar-refractivity contribution < 1.29 is 0 Å². The van der Waals surface area contributed by atoms with E-state index in [1.54, 1.807) is 0 Å². The molecule has 0 amide bonds. The number of nitrogens with one attached hydrogen (secondary N) is 1. The van der Waals surface area contributed by atoms with Gasteiger partial charge in [-0.25, -0.2) is 4.68 Å². The maximum absolute atomic E-state index is 5.89. The van der Waals surface area contributed by atoms with Crippen molar-refractivity contribution in [2.75, 3.05) is 6.54 Å². The number of aryl methyl sites for hydroxylation is 1. The van der Waals surface area contributed by atoms with Crippen LogP contribution in [-0.4, -0.2) is 21.9 Å². The van der Waals surface area contributed by atoms with Crippen LogP contribution in [0.4, 0.5) is 0 Å². The van der Waals surface area contributed by atoms with Gasteiger partial charge < -0.3 is 5.32 Å². The van der Waals surface area contributed by atoms with Gasteiger partial charge in [-0.2, -0.15) is 5.10 Å². The minimum absolute atomic E-state index is 0.188. The van der Waals surface area contributed by atoms with Crippen LogP contribution in [-0.2, 0) is 6.42 Å². The van der Waals surface area contributed by atoms with Gasteiger partial charge in [-0.15, -0.1) is 0 Å². The molecule has 3 nitrogen and oxygen atoms in total. The molecular weight excluding hydrogens is 270 g/mol. The van der Waals surface area contributed by atoms with Crippen molar-refractivity contribution >= 4 is 11.6 Å². The zero-order valence-electron chi connectivity index (χ0n) is 12.4. The molecular formula is C16H22ClN3. The smallest absolute Gasteiger partial charge is 0.0646 e. The molecule has 0 bridgehead atoms. The number of halogens is 1. The summed E-state index contributed by atoms with van der Waals surface area (Å²) in [5, 5.41) is 8.64. The normalized spacial score (nSPS) is 11.8. The minimum atomic E-state index is 0.188. The van der Waals surface area contributed by atoms with Crippen LogP contribution < -0.4 is 5.32 Å². The Morgan fingerprint density at radius 2 is 1.90 bits per heavy atom. The van der Waals surface area contributed by atoms with Gasteiger partial charge in [-0.05, 0) is 70.0 Å². The second-order valence-electron chi connectivity index (χ2n) is 6.05. The summed E-state index contributed by atoms with van der Waals surface area (Å²) in [5.74, 6) is 0. The molecule has 0 unspecified atom stereocenters. The summed E-state index contributed by atoms with van der Waals surface area (Å²) in [7, 11) is 0. The summed E-state index contributed by atoms with van der Waals surface area (Å²) in [6.07, 6.45) is 6.17. The number of rotatable bonds is 5. The van der Waals surface area contributed by atoms with Gasteiger partial charge in [0.1, 0.15) is 0 Å². The molecule has 2 aromatic rings. The molecule has 2 rings (SSSR count). The molecule has 1 heterocycles. The van der Waals surface area contributed by atoms with Crippen LogP contribution in [0.5, 0.6) is 0 Å². The van der Waals surface area contributed by atoms with Crippen LogP contribution >= 0.6 is 11.6 Å². The monoisotopic (exact) mass is 291 g/mol. The third kappa shape index (κ3) is 4.66. The molecule has 0 spiro atoms. The molecule has 4 heteroatoms. The first-order valence-corrected chi connectivity index (χ1v) is 7.36. The lowest BCUT2D eigenvalue weighted by molar-refractivity contribution is 0.422. The first-order valence-electron chi connectivity index (χ1n) is 6.98. The maximum Gasteiger partial charge on any atom is 0.0646 e. The predicted molar refractivity (Wildman–Crippen MR) is 84.7 cm³/mol. The first-order chi connectivity index (χ1) is 9.44. The molecule has 0 aliphatic rings. The van der Waals surface area contributed by atoms with Gasteiger partial charge in [0.15, 0.2) is 0 Å². The van der Waals surface area contributed by atoms with Crippen molar-refractivity contribution in [3.05, 3.63) is 47.2 Å². The lowest BCUT2D eigenvalue weighted by Crippen LogP contribution is -2.36. The zero-order valence-corrected chi connectivity index (χ0v) is 13.1. The lowest BCUT2D eigenvalue weighted by Gasteiger charge is -2.20. The molecule has 1 N–H and O–H groups in total. The Bertz CT molecular complexity index is 538. The van der Waals surface area contributed by atoms with Crippen molar-refractivity contribution in [1.29, 1.82) is 0 Å². The van der Waals surface area contributed by atoms with Crippen molar-refractivity contribution in [2.45, 2.75) is 39.2 Å². The molecule has 1 aromatic heterocycles. The van der Waals surface area contributed by atoms with Crippen LogP contribution in [0.15, 0.2) is 36.7 Å². The average molecular weight is 292 g/mol. The average Bonchev–Trinajstić information content (AvgIpc) is 2.83. The Labute approximate surface area is 126 Å². The Morgan fingerprint density at radius 1 is 1.20 bits per heavy atom. The highest BCUT2D eigenvalue weighted by atomic mass is 35.5. The molecule has 0 saturated carbocycles. The molecule has 0 atom stereocenters. The Balaban J connectivity index is 1.88. The van der Waals surface area contributed by atoms with E-state index in [4.69, 9.17) is 11.6 Å². The van der Waals surface area contributed by atoms with Gasteiger partial charge in [0, 0.05) is 16.8 Å². The third-order valence-electron chi connectivity index (χ3n) is 3.02. The molecule has 20 heavy (non-hydrogen) atoms. The number of benzene rings is 1. The van der Waals surface area contributed by atoms with E-state index in [0.29, 0.717) is 0 Å². The van der Waals surface area contributed by atoms with E-state index in [1.807, 2.05) is 35.1 Å².